The normalized spacial score (nSPS) is 14.5. The second kappa shape index (κ2) is 7.69. The number of pyridine rings is 1. The third-order valence-corrected chi connectivity index (χ3v) is 4.36. The van der Waals surface area contributed by atoms with E-state index in [0.29, 0.717) is 48.8 Å². The highest BCUT2D eigenvalue weighted by atomic mass is 79.9. The van der Waals surface area contributed by atoms with Crippen molar-refractivity contribution >= 4 is 33.6 Å². The number of rotatable bonds is 4. The van der Waals surface area contributed by atoms with Crippen LogP contribution in [0, 0.1) is 0 Å². The van der Waals surface area contributed by atoms with Crippen molar-refractivity contribution in [1.29, 1.82) is 0 Å². The van der Waals surface area contributed by atoms with Crippen LogP contribution < -0.4 is 4.90 Å². The summed E-state index contributed by atoms with van der Waals surface area (Å²) in [6.45, 7) is 4.60. The highest BCUT2D eigenvalue weighted by Crippen LogP contribution is 2.19. The van der Waals surface area contributed by atoms with Gasteiger partial charge in [0.2, 0.25) is 0 Å². The van der Waals surface area contributed by atoms with E-state index in [-0.39, 0.29) is 11.9 Å². The number of piperazine rings is 1. The summed E-state index contributed by atoms with van der Waals surface area (Å²) in [5, 5.41) is 0. The first kappa shape index (κ1) is 17.5. The zero-order valence-corrected chi connectivity index (χ0v) is 15.4. The van der Waals surface area contributed by atoms with Crippen molar-refractivity contribution < 1.29 is 18.7 Å². The molecule has 0 unspecified atom stereocenters. The van der Waals surface area contributed by atoms with Gasteiger partial charge in [0.15, 0.2) is 10.4 Å². The molecule has 0 spiro atoms. The van der Waals surface area contributed by atoms with Gasteiger partial charge in [0.05, 0.1) is 12.2 Å². The van der Waals surface area contributed by atoms with Crippen LogP contribution in [0.3, 0.4) is 0 Å². The molecule has 0 aromatic carbocycles. The Balaban J connectivity index is 1.58. The van der Waals surface area contributed by atoms with Crippen molar-refractivity contribution in [3.8, 4) is 0 Å². The maximum atomic E-state index is 12.4. The van der Waals surface area contributed by atoms with Crippen LogP contribution >= 0.6 is 15.9 Å². The van der Waals surface area contributed by atoms with E-state index >= 15 is 0 Å². The first-order chi connectivity index (χ1) is 12.1. The Labute approximate surface area is 153 Å². The third-order valence-electron chi connectivity index (χ3n) is 3.93. The molecule has 132 valence electrons. The molecule has 2 aromatic rings. The number of anilines is 1. The fourth-order valence-electron chi connectivity index (χ4n) is 2.63. The number of carbonyl (C=O) groups excluding carboxylic acids is 2. The maximum absolute atomic E-state index is 12.4. The molecule has 1 fully saturated rings. The number of furan rings is 1. The first-order valence-electron chi connectivity index (χ1n) is 8.01. The second-order valence-corrected chi connectivity index (χ2v) is 6.29. The van der Waals surface area contributed by atoms with E-state index in [0.717, 1.165) is 5.82 Å². The molecular formula is C17H18BrN3O4. The minimum Gasteiger partial charge on any atom is -0.462 e. The van der Waals surface area contributed by atoms with E-state index in [9.17, 15) is 9.59 Å². The number of halogens is 1. The van der Waals surface area contributed by atoms with E-state index in [4.69, 9.17) is 9.15 Å². The Morgan fingerprint density at radius 1 is 1.20 bits per heavy atom. The van der Waals surface area contributed by atoms with Crippen LogP contribution in [0.2, 0.25) is 0 Å². The van der Waals surface area contributed by atoms with Gasteiger partial charge in [-0.25, -0.2) is 9.78 Å². The smallest absolute Gasteiger partial charge is 0.339 e. The zero-order chi connectivity index (χ0) is 17.8. The number of nitrogens with zero attached hydrogens (tertiary/aromatic N) is 3. The number of hydrogen-bond donors (Lipinski definition) is 0. The van der Waals surface area contributed by atoms with Crippen molar-refractivity contribution in [2.75, 3.05) is 37.7 Å². The monoisotopic (exact) mass is 407 g/mol. The van der Waals surface area contributed by atoms with Gasteiger partial charge < -0.3 is 19.0 Å². The van der Waals surface area contributed by atoms with E-state index in [1.165, 1.54) is 6.20 Å². The molecule has 0 radical (unpaired) electrons. The van der Waals surface area contributed by atoms with Gasteiger partial charge in [0.1, 0.15) is 5.82 Å². The van der Waals surface area contributed by atoms with Gasteiger partial charge >= 0.3 is 5.97 Å². The fourth-order valence-corrected chi connectivity index (χ4v) is 2.94. The zero-order valence-electron chi connectivity index (χ0n) is 13.8. The third kappa shape index (κ3) is 4.01. The van der Waals surface area contributed by atoms with Crippen molar-refractivity contribution in [3.63, 3.8) is 0 Å². The Kier molecular flexibility index (Phi) is 5.37. The molecule has 1 aliphatic heterocycles. The van der Waals surface area contributed by atoms with Crippen molar-refractivity contribution in [2.45, 2.75) is 6.92 Å². The molecule has 1 aliphatic rings. The molecular weight excluding hydrogens is 390 g/mol. The summed E-state index contributed by atoms with van der Waals surface area (Å²) in [6.07, 6.45) is 1.52. The Morgan fingerprint density at radius 2 is 1.96 bits per heavy atom. The molecule has 0 atom stereocenters. The molecule has 1 saturated heterocycles. The van der Waals surface area contributed by atoms with Crippen molar-refractivity contribution in [1.82, 2.24) is 9.88 Å². The minimum atomic E-state index is -0.374. The predicted molar refractivity (Wildman–Crippen MR) is 94.7 cm³/mol. The fraction of sp³-hybridized carbons (Fsp3) is 0.353. The van der Waals surface area contributed by atoms with E-state index in [1.807, 2.05) is 0 Å². The molecule has 0 bridgehead atoms. The standard InChI is InChI=1S/C17H18BrN3O4/c1-2-24-17(23)12-3-6-15(19-11-12)20-7-9-21(10-8-20)16(22)13-4-5-14(18)25-13/h3-6,11H,2,7-10H2,1H3. The number of esters is 1. The lowest BCUT2D eigenvalue weighted by molar-refractivity contribution is 0.0525. The number of carbonyl (C=O) groups is 2. The van der Waals surface area contributed by atoms with Gasteiger partial charge in [-0.05, 0) is 47.1 Å². The number of amides is 1. The van der Waals surface area contributed by atoms with Crippen LogP contribution in [0.25, 0.3) is 0 Å². The number of aromatic nitrogens is 1. The summed E-state index contributed by atoms with van der Waals surface area (Å²) < 4.78 is 10.8. The van der Waals surface area contributed by atoms with E-state index < -0.39 is 0 Å². The maximum Gasteiger partial charge on any atom is 0.339 e. The summed E-state index contributed by atoms with van der Waals surface area (Å²) in [7, 11) is 0. The summed E-state index contributed by atoms with van der Waals surface area (Å²) in [6, 6.07) is 6.87. The molecule has 25 heavy (non-hydrogen) atoms. The first-order valence-corrected chi connectivity index (χ1v) is 8.80. The molecule has 2 aromatic heterocycles. The van der Waals surface area contributed by atoms with Gasteiger partial charge in [0.25, 0.3) is 5.91 Å². The topological polar surface area (TPSA) is 75.9 Å². The largest absolute Gasteiger partial charge is 0.462 e. The molecule has 3 heterocycles. The van der Waals surface area contributed by atoms with Gasteiger partial charge in [-0.3, -0.25) is 4.79 Å². The Bertz CT molecular complexity index is 752. The summed E-state index contributed by atoms with van der Waals surface area (Å²) >= 11 is 3.20. The van der Waals surface area contributed by atoms with Crippen LogP contribution in [0.15, 0.2) is 39.5 Å². The molecule has 8 heteroatoms. The van der Waals surface area contributed by atoms with Gasteiger partial charge in [0, 0.05) is 32.4 Å². The van der Waals surface area contributed by atoms with Crippen molar-refractivity contribution in [2.24, 2.45) is 0 Å². The lowest BCUT2D eigenvalue weighted by Crippen LogP contribution is -2.49. The van der Waals surface area contributed by atoms with Gasteiger partial charge in [-0.2, -0.15) is 0 Å². The minimum absolute atomic E-state index is 0.115. The lowest BCUT2D eigenvalue weighted by Gasteiger charge is -2.35. The number of ether oxygens (including phenoxy) is 1. The van der Waals surface area contributed by atoms with Crippen LogP contribution in [-0.4, -0.2) is 54.5 Å². The molecule has 1 amide bonds. The van der Waals surface area contributed by atoms with Gasteiger partial charge in [-0.15, -0.1) is 0 Å². The summed E-state index contributed by atoms with van der Waals surface area (Å²) in [5.74, 6) is 0.621. The van der Waals surface area contributed by atoms with Crippen LogP contribution in [-0.2, 0) is 4.74 Å². The molecule has 0 saturated carbocycles. The SMILES string of the molecule is CCOC(=O)c1ccc(N2CCN(C(=O)c3ccc(Br)o3)CC2)nc1. The Morgan fingerprint density at radius 3 is 2.52 bits per heavy atom. The van der Waals surface area contributed by atoms with Crippen molar-refractivity contribution in [3.05, 3.63) is 46.5 Å². The average Bonchev–Trinajstić information content (AvgIpc) is 3.08. The van der Waals surface area contributed by atoms with E-state index in [1.54, 1.807) is 36.1 Å². The van der Waals surface area contributed by atoms with Crippen LogP contribution in [0.1, 0.15) is 27.8 Å². The lowest BCUT2D eigenvalue weighted by atomic mass is 10.2. The highest BCUT2D eigenvalue weighted by molar-refractivity contribution is 9.10. The Hall–Kier alpha value is -2.35. The summed E-state index contributed by atoms with van der Waals surface area (Å²) in [5.41, 5.74) is 0.433. The molecule has 0 N–H and O–H groups in total. The van der Waals surface area contributed by atoms with Crippen LogP contribution in [0.5, 0.6) is 0 Å². The quantitative estimate of drug-likeness (QED) is 0.724. The molecule has 0 aliphatic carbocycles. The second-order valence-electron chi connectivity index (χ2n) is 5.51. The van der Waals surface area contributed by atoms with E-state index in [2.05, 4.69) is 25.8 Å². The highest BCUT2D eigenvalue weighted by Gasteiger charge is 2.24. The number of hydrogen-bond acceptors (Lipinski definition) is 6. The molecule has 7 nitrogen and oxygen atoms in total. The van der Waals surface area contributed by atoms with Gasteiger partial charge in [-0.1, -0.05) is 0 Å². The van der Waals surface area contributed by atoms with Crippen LogP contribution in [0.4, 0.5) is 5.82 Å². The molecule has 3 rings (SSSR count). The predicted octanol–water partition coefficient (Wildman–Crippen LogP) is 2.58. The summed E-state index contributed by atoms with van der Waals surface area (Å²) in [4.78, 5) is 32.2. The average molecular weight is 408 g/mol.